The van der Waals surface area contributed by atoms with E-state index >= 15 is 0 Å². The van der Waals surface area contributed by atoms with Gasteiger partial charge in [-0.2, -0.15) is 0 Å². The molecule has 0 fully saturated rings. The van der Waals surface area contributed by atoms with Gasteiger partial charge in [0.25, 0.3) is 0 Å². The molecular weight excluding hydrogens is 324 g/mol. The van der Waals surface area contributed by atoms with Crippen LogP contribution in [0, 0.1) is 20.8 Å². The minimum absolute atomic E-state index is 0.271. The standard InChI is InChI=1S/C17H18N4O2S/c1-10-9-24-16(19-10)13-4-6-14(7-5-13)20-17(22)18-8-15-11(2)21-23-12(15)3/h4-7,9H,8H2,1-3H3,(H2,18,20,22). The van der Waals surface area contributed by atoms with E-state index in [1.54, 1.807) is 11.3 Å². The fourth-order valence-corrected chi connectivity index (χ4v) is 3.08. The second-order valence-corrected chi connectivity index (χ2v) is 6.34. The van der Waals surface area contributed by atoms with Crippen LogP contribution in [0.3, 0.4) is 0 Å². The van der Waals surface area contributed by atoms with Gasteiger partial charge in [0.1, 0.15) is 10.8 Å². The Morgan fingerprint density at radius 1 is 1.21 bits per heavy atom. The number of aromatic nitrogens is 2. The number of hydrogen-bond acceptors (Lipinski definition) is 5. The van der Waals surface area contributed by atoms with Crippen LogP contribution >= 0.6 is 11.3 Å². The van der Waals surface area contributed by atoms with E-state index in [-0.39, 0.29) is 6.03 Å². The van der Waals surface area contributed by atoms with Crippen LogP contribution in [-0.4, -0.2) is 16.2 Å². The summed E-state index contributed by atoms with van der Waals surface area (Å²) in [5.74, 6) is 0.718. The Kier molecular flexibility index (Phi) is 4.61. The molecule has 0 aliphatic rings. The minimum atomic E-state index is -0.271. The summed E-state index contributed by atoms with van der Waals surface area (Å²) in [6, 6.07) is 7.35. The highest BCUT2D eigenvalue weighted by Crippen LogP contribution is 2.24. The first-order valence-corrected chi connectivity index (χ1v) is 8.40. The number of anilines is 1. The van der Waals surface area contributed by atoms with Gasteiger partial charge in [0, 0.05) is 34.4 Å². The van der Waals surface area contributed by atoms with Gasteiger partial charge < -0.3 is 15.2 Å². The van der Waals surface area contributed by atoms with Crippen molar-refractivity contribution in [1.29, 1.82) is 0 Å². The first kappa shape index (κ1) is 16.2. The lowest BCUT2D eigenvalue weighted by molar-refractivity contribution is 0.251. The molecule has 6 nitrogen and oxygen atoms in total. The second kappa shape index (κ2) is 6.84. The third-order valence-electron chi connectivity index (χ3n) is 3.62. The summed E-state index contributed by atoms with van der Waals surface area (Å²) < 4.78 is 5.08. The molecule has 0 bridgehead atoms. The minimum Gasteiger partial charge on any atom is -0.361 e. The summed E-state index contributed by atoms with van der Waals surface area (Å²) in [5.41, 5.74) is 4.46. The topological polar surface area (TPSA) is 80.0 Å². The number of nitrogens with one attached hydrogen (secondary N) is 2. The maximum Gasteiger partial charge on any atom is 0.319 e. The molecule has 0 saturated carbocycles. The van der Waals surface area contributed by atoms with Gasteiger partial charge in [0.2, 0.25) is 0 Å². The predicted octanol–water partition coefficient (Wildman–Crippen LogP) is 4.05. The Morgan fingerprint density at radius 2 is 1.96 bits per heavy atom. The zero-order chi connectivity index (χ0) is 17.1. The third kappa shape index (κ3) is 3.62. The summed E-state index contributed by atoms with van der Waals surface area (Å²) in [6.45, 7) is 6.03. The van der Waals surface area contributed by atoms with Crippen molar-refractivity contribution >= 4 is 23.1 Å². The zero-order valence-corrected chi connectivity index (χ0v) is 14.5. The highest BCUT2D eigenvalue weighted by Gasteiger charge is 2.10. The normalized spacial score (nSPS) is 10.6. The van der Waals surface area contributed by atoms with Crippen molar-refractivity contribution in [3.63, 3.8) is 0 Å². The van der Waals surface area contributed by atoms with E-state index in [1.807, 2.05) is 50.4 Å². The summed E-state index contributed by atoms with van der Waals surface area (Å²) >= 11 is 1.61. The molecule has 24 heavy (non-hydrogen) atoms. The molecule has 0 spiro atoms. The molecule has 1 aromatic carbocycles. The first-order valence-electron chi connectivity index (χ1n) is 7.52. The molecule has 2 aromatic heterocycles. The molecule has 0 atom stereocenters. The number of carbonyl (C=O) groups is 1. The third-order valence-corrected chi connectivity index (χ3v) is 4.62. The van der Waals surface area contributed by atoms with Gasteiger partial charge in [-0.3, -0.25) is 0 Å². The van der Waals surface area contributed by atoms with E-state index in [1.165, 1.54) is 0 Å². The van der Waals surface area contributed by atoms with Crippen LogP contribution in [0.25, 0.3) is 10.6 Å². The number of hydrogen-bond donors (Lipinski definition) is 2. The van der Waals surface area contributed by atoms with Crippen molar-refractivity contribution in [2.75, 3.05) is 5.32 Å². The first-order chi connectivity index (χ1) is 11.5. The fraction of sp³-hybridized carbons (Fsp3) is 0.235. The van der Waals surface area contributed by atoms with Crippen LogP contribution in [-0.2, 0) is 6.54 Å². The lowest BCUT2D eigenvalue weighted by Crippen LogP contribution is -2.28. The maximum atomic E-state index is 12.0. The average molecular weight is 342 g/mol. The molecule has 3 rings (SSSR count). The molecule has 0 unspecified atom stereocenters. The lowest BCUT2D eigenvalue weighted by atomic mass is 10.2. The number of benzene rings is 1. The largest absolute Gasteiger partial charge is 0.361 e. The molecule has 124 valence electrons. The highest BCUT2D eigenvalue weighted by atomic mass is 32.1. The molecule has 0 radical (unpaired) electrons. The molecule has 2 amide bonds. The second-order valence-electron chi connectivity index (χ2n) is 5.48. The quantitative estimate of drug-likeness (QED) is 0.750. The van der Waals surface area contributed by atoms with Crippen LogP contribution in [0.15, 0.2) is 34.2 Å². The van der Waals surface area contributed by atoms with Crippen LogP contribution in [0.4, 0.5) is 10.5 Å². The number of thiazole rings is 1. The van der Waals surface area contributed by atoms with E-state index in [2.05, 4.69) is 20.8 Å². The molecule has 3 aromatic rings. The molecule has 0 aliphatic carbocycles. The Morgan fingerprint density at radius 3 is 2.54 bits per heavy atom. The molecule has 0 aliphatic heterocycles. The zero-order valence-electron chi connectivity index (χ0n) is 13.7. The Hall–Kier alpha value is -2.67. The van der Waals surface area contributed by atoms with Crippen LogP contribution in [0.5, 0.6) is 0 Å². The molecule has 2 heterocycles. The van der Waals surface area contributed by atoms with Gasteiger partial charge in [0.15, 0.2) is 0 Å². The van der Waals surface area contributed by atoms with E-state index in [0.717, 1.165) is 39.0 Å². The SMILES string of the molecule is Cc1csc(-c2ccc(NC(=O)NCc3c(C)noc3C)cc2)n1. The van der Waals surface area contributed by atoms with E-state index < -0.39 is 0 Å². The van der Waals surface area contributed by atoms with Gasteiger partial charge in [-0.05, 0) is 45.0 Å². The van der Waals surface area contributed by atoms with Gasteiger partial charge in [-0.25, -0.2) is 9.78 Å². The van der Waals surface area contributed by atoms with Crippen molar-refractivity contribution in [1.82, 2.24) is 15.5 Å². The number of nitrogens with zero attached hydrogens (tertiary/aromatic N) is 2. The summed E-state index contributed by atoms with van der Waals surface area (Å²) in [7, 11) is 0. The number of aryl methyl sites for hydroxylation is 3. The van der Waals surface area contributed by atoms with Gasteiger partial charge in [0.05, 0.1) is 5.69 Å². The highest BCUT2D eigenvalue weighted by molar-refractivity contribution is 7.13. The van der Waals surface area contributed by atoms with Crippen molar-refractivity contribution in [2.45, 2.75) is 27.3 Å². The number of rotatable bonds is 4. The smallest absolute Gasteiger partial charge is 0.319 e. The summed E-state index contributed by atoms with van der Waals surface area (Å²) in [4.78, 5) is 16.5. The van der Waals surface area contributed by atoms with Gasteiger partial charge >= 0.3 is 6.03 Å². The summed E-state index contributed by atoms with van der Waals surface area (Å²) in [5, 5.41) is 12.5. The molecule has 7 heteroatoms. The maximum absolute atomic E-state index is 12.0. The van der Waals surface area contributed by atoms with E-state index in [9.17, 15) is 4.79 Å². The van der Waals surface area contributed by atoms with Crippen molar-refractivity contribution in [3.8, 4) is 10.6 Å². The number of carbonyl (C=O) groups excluding carboxylic acids is 1. The monoisotopic (exact) mass is 342 g/mol. The fourth-order valence-electron chi connectivity index (χ4n) is 2.28. The van der Waals surface area contributed by atoms with Crippen molar-refractivity contribution in [3.05, 3.63) is 52.4 Å². The predicted molar refractivity (Wildman–Crippen MR) is 94.1 cm³/mol. The van der Waals surface area contributed by atoms with Crippen LogP contribution in [0.1, 0.15) is 22.7 Å². The van der Waals surface area contributed by atoms with Crippen LogP contribution < -0.4 is 10.6 Å². The van der Waals surface area contributed by atoms with E-state index in [4.69, 9.17) is 4.52 Å². The average Bonchev–Trinajstić information content (AvgIpc) is 3.13. The molecule has 0 saturated heterocycles. The molecule has 2 N–H and O–H groups in total. The molecular formula is C17H18N4O2S. The Labute approximate surface area is 143 Å². The van der Waals surface area contributed by atoms with Crippen LogP contribution in [0.2, 0.25) is 0 Å². The number of urea groups is 1. The van der Waals surface area contributed by atoms with Crippen molar-refractivity contribution < 1.29 is 9.32 Å². The Balaban J connectivity index is 1.58. The summed E-state index contributed by atoms with van der Waals surface area (Å²) in [6.07, 6.45) is 0. The Bertz CT molecular complexity index is 832. The van der Waals surface area contributed by atoms with Crippen molar-refractivity contribution in [2.24, 2.45) is 0 Å². The lowest BCUT2D eigenvalue weighted by Gasteiger charge is -2.08. The van der Waals surface area contributed by atoms with Gasteiger partial charge in [-0.15, -0.1) is 11.3 Å². The van der Waals surface area contributed by atoms with E-state index in [0.29, 0.717) is 6.54 Å². The number of amides is 2. The van der Waals surface area contributed by atoms with Gasteiger partial charge in [-0.1, -0.05) is 5.16 Å².